The Morgan fingerprint density at radius 1 is 1.56 bits per heavy atom. The molecule has 2 aromatic rings. The van der Waals surface area contributed by atoms with E-state index in [-0.39, 0.29) is 11.7 Å². The van der Waals surface area contributed by atoms with Gasteiger partial charge in [-0.1, -0.05) is 12.1 Å². The molecule has 2 rings (SSSR count). The van der Waals surface area contributed by atoms with Crippen LogP contribution in [-0.4, -0.2) is 20.6 Å². The van der Waals surface area contributed by atoms with E-state index in [1.165, 1.54) is 12.5 Å². The molecule has 5 nitrogen and oxygen atoms in total. The van der Waals surface area contributed by atoms with Gasteiger partial charge in [-0.2, -0.15) is 5.26 Å². The van der Waals surface area contributed by atoms with Crippen molar-refractivity contribution < 1.29 is 9.90 Å². The molecule has 0 aliphatic heterocycles. The molecule has 0 amide bonds. The van der Waals surface area contributed by atoms with Crippen molar-refractivity contribution in [1.29, 1.82) is 5.26 Å². The first-order valence-corrected chi connectivity index (χ1v) is 5.38. The van der Waals surface area contributed by atoms with Crippen LogP contribution in [0.4, 0.5) is 0 Å². The summed E-state index contributed by atoms with van der Waals surface area (Å²) >= 11 is 0. The second kappa shape index (κ2) is 4.72. The highest BCUT2D eigenvalue weighted by Gasteiger charge is 2.12. The van der Waals surface area contributed by atoms with Gasteiger partial charge in [0.25, 0.3) is 0 Å². The maximum atomic E-state index is 10.8. The van der Waals surface area contributed by atoms with Crippen LogP contribution in [0.5, 0.6) is 0 Å². The quantitative estimate of drug-likeness (QED) is 0.892. The van der Waals surface area contributed by atoms with Crippen molar-refractivity contribution in [1.82, 2.24) is 9.55 Å². The van der Waals surface area contributed by atoms with E-state index in [0.717, 1.165) is 5.56 Å². The van der Waals surface area contributed by atoms with Crippen LogP contribution >= 0.6 is 0 Å². The first kappa shape index (κ1) is 11.9. The van der Waals surface area contributed by atoms with Gasteiger partial charge >= 0.3 is 5.97 Å². The fraction of sp³-hybridized carbons (Fsp3) is 0.154. The van der Waals surface area contributed by atoms with Crippen molar-refractivity contribution in [3.05, 3.63) is 53.6 Å². The van der Waals surface area contributed by atoms with Crippen molar-refractivity contribution in [2.75, 3.05) is 0 Å². The van der Waals surface area contributed by atoms with Crippen LogP contribution in [0.15, 0.2) is 36.8 Å². The highest BCUT2D eigenvalue weighted by Crippen LogP contribution is 2.19. The Morgan fingerprint density at radius 3 is 2.94 bits per heavy atom. The summed E-state index contributed by atoms with van der Waals surface area (Å²) in [5.74, 6) is -1.05. The average Bonchev–Trinajstić information content (AvgIpc) is 2.87. The molecule has 0 spiro atoms. The number of aromatic carboxylic acids is 1. The lowest BCUT2D eigenvalue weighted by Crippen LogP contribution is -2.05. The van der Waals surface area contributed by atoms with Gasteiger partial charge in [0, 0.05) is 6.20 Å². The molecule has 18 heavy (non-hydrogen) atoms. The highest BCUT2D eigenvalue weighted by molar-refractivity contribution is 5.84. The van der Waals surface area contributed by atoms with Gasteiger partial charge in [0.15, 0.2) is 5.69 Å². The standard InChI is InChI=1S/C13H11N3O2/c1-9(11-4-2-3-10(5-11)6-14)16-7-12(13(17)18)15-8-16/h2-5,7-9H,1H3,(H,17,18)/t9-/m0/s1. The molecule has 0 aliphatic carbocycles. The number of benzene rings is 1. The third-order valence-electron chi connectivity index (χ3n) is 2.77. The zero-order chi connectivity index (χ0) is 13.1. The van der Waals surface area contributed by atoms with Gasteiger partial charge < -0.3 is 9.67 Å². The minimum absolute atomic E-state index is 0.0123. The van der Waals surface area contributed by atoms with Crippen LogP contribution in [-0.2, 0) is 0 Å². The fourth-order valence-electron chi connectivity index (χ4n) is 1.70. The summed E-state index contributed by atoms with van der Waals surface area (Å²) in [7, 11) is 0. The van der Waals surface area contributed by atoms with Gasteiger partial charge in [-0.25, -0.2) is 9.78 Å². The molecule has 0 saturated heterocycles. The van der Waals surface area contributed by atoms with Crippen molar-refractivity contribution in [3.8, 4) is 6.07 Å². The van der Waals surface area contributed by atoms with Crippen LogP contribution in [0.2, 0.25) is 0 Å². The van der Waals surface area contributed by atoms with Crippen LogP contribution in [0.1, 0.15) is 34.6 Å². The normalized spacial score (nSPS) is 11.8. The highest BCUT2D eigenvalue weighted by atomic mass is 16.4. The second-order valence-electron chi connectivity index (χ2n) is 3.92. The molecule has 0 aliphatic rings. The van der Waals surface area contributed by atoms with E-state index in [9.17, 15) is 4.79 Å². The van der Waals surface area contributed by atoms with E-state index in [1.54, 1.807) is 22.8 Å². The topological polar surface area (TPSA) is 78.9 Å². The lowest BCUT2D eigenvalue weighted by atomic mass is 10.1. The number of imidazole rings is 1. The first-order chi connectivity index (χ1) is 8.61. The third-order valence-corrected chi connectivity index (χ3v) is 2.77. The predicted molar refractivity (Wildman–Crippen MR) is 64.2 cm³/mol. The molecule has 0 radical (unpaired) electrons. The lowest BCUT2D eigenvalue weighted by Gasteiger charge is -2.13. The van der Waals surface area contributed by atoms with Crippen LogP contribution in [0, 0.1) is 11.3 Å². The second-order valence-corrected chi connectivity index (χ2v) is 3.92. The molecule has 0 saturated carbocycles. The molecule has 0 fully saturated rings. The largest absolute Gasteiger partial charge is 0.476 e. The van der Waals surface area contributed by atoms with Crippen molar-refractivity contribution in [2.24, 2.45) is 0 Å². The van der Waals surface area contributed by atoms with Gasteiger partial charge in [0.1, 0.15) is 0 Å². The van der Waals surface area contributed by atoms with Crippen molar-refractivity contribution in [3.63, 3.8) is 0 Å². The maximum absolute atomic E-state index is 10.8. The molecule has 0 unspecified atom stereocenters. The molecule has 1 atom stereocenters. The Hall–Kier alpha value is -2.61. The molecule has 90 valence electrons. The SMILES string of the molecule is C[C@@H](c1cccc(C#N)c1)n1cnc(C(=O)O)c1. The fourth-order valence-corrected chi connectivity index (χ4v) is 1.70. The van der Waals surface area contributed by atoms with E-state index >= 15 is 0 Å². The van der Waals surface area contributed by atoms with E-state index < -0.39 is 5.97 Å². The number of aromatic nitrogens is 2. The zero-order valence-corrected chi connectivity index (χ0v) is 9.74. The summed E-state index contributed by atoms with van der Waals surface area (Å²) in [5, 5.41) is 17.7. The van der Waals surface area contributed by atoms with Crippen molar-refractivity contribution in [2.45, 2.75) is 13.0 Å². The molecule has 0 bridgehead atoms. The molecule has 1 aromatic carbocycles. The summed E-state index contributed by atoms with van der Waals surface area (Å²) in [6.07, 6.45) is 2.96. The van der Waals surface area contributed by atoms with Crippen LogP contribution in [0.25, 0.3) is 0 Å². The lowest BCUT2D eigenvalue weighted by molar-refractivity contribution is 0.0691. The van der Waals surface area contributed by atoms with Crippen molar-refractivity contribution >= 4 is 5.97 Å². The smallest absolute Gasteiger partial charge is 0.356 e. The van der Waals surface area contributed by atoms with Crippen LogP contribution < -0.4 is 0 Å². The monoisotopic (exact) mass is 241 g/mol. The Morgan fingerprint density at radius 2 is 2.33 bits per heavy atom. The van der Waals surface area contributed by atoms with E-state index in [1.807, 2.05) is 13.0 Å². The van der Waals surface area contributed by atoms with E-state index in [0.29, 0.717) is 5.56 Å². The average molecular weight is 241 g/mol. The number of carbonyl (C=O) groups is 1. The number of carboxylic acid groups (broad SMARTS) is 1. The van der Waals surface area contributed by atoms with Crippen LogP contribution in [0.3, 0.4) is 0 Å². The summed E-state index contributed by atoms with van der Waals surface area (Å²) in [6, 6.07) is 9.22. The van der Waals surface area contributed by atoms with Gasteiger partial charge in [0.05, 0.1) is 24.0 Å². The number of nitrogens with zero attached hydrogens (tertiary/aromatic N) is 3. The Kier molecular flexibility index (Phi) is 3.11. The Bertz CT molecular complexity index is 625. The van der Waals surface area contributed by atoms with Gasteiger partial charge in [-0.3, -0.25) is 0 Å². The Labute approximate surface area is 104 Å². The molecule has 5 heteroatoms. The maximum Gasteiger partial charge on any atom is 0.356 e. The van der Waals surface area contributed by atoms with E-state index in [2.05, 4.69) is 11.1 Å². The molecular weight excluding hydrogens is 230 g/mol. The number of hydrogen-bond donors (Lipinski definition) is 1. The number of rotatable bonds is 3. The number of hydrogen-bond acceptors (Lipinski definition) is 3. The minimum atomic E-state index is -1.05. The molecule has 1 heterocycles. The van der Waals surface area contributed by atoms with Gasteiger partial charge in [-0.15, -0.1) is 0 Å². The number of carboxylic acids is 1. The Balaban J connectivity index is 2.32. The summed E-state index contributed by atoms with van der Waals surface area (Å²) < 4.78 is 1.71. The number of nitriles is 1. The molecule has 1 N–H and O–H groups in total. The summed E-state index contributed by atoms with van der Waals surface area (Å²) in [4.78, 5) is 14.6. The van der Waals surface area contributed by atoms with E-state index in [4.69, 9.17) is 10.4 Å². The predicted octanol–water partition coefficient (Wildman–Crippen LogP) is 2.06. The van der Waals surface area contributed by atoms with Gasteiger partial charge in [0.2, 0.25) is 0 Å². The summed E-state index contributed by atoms with van der Waals surface area (Å²) in [5.41, 5.74) is 1.53. The summed E-state index contributed by atoms with van der Waals surface area (Å²) in [6.45, 7) is 1.92. The first-order valence-electron chi connectivity index (χ1n) is 5.38. The van der Waals surface area contributed by atoms with Gasteiger partial charge in [-0.05, 0) is 24.6 Å². The molecular formula is C13H11N3O2. The molecule has 1 aromatic heterocycles. The third kappa shape index (κ3) is 2.23. The zero-order valence-electron chi connectivity index (χ0n) is 9.74. The minimum Gasteiger partial charge on any atom is -0.476 e.